The van der Waals surface area contributed by atoms with Gasteiger partial charge in [0.25, 0.3) is 0 Å². The third kappa shape index (κ3) is 2.68. The summed E-state index contributed by atoms with van der Waals surface area (Å²) in [4.78, 5) is 10.8. The molecule has 0 aliphatic heterocycles. The summed E-state index contributed by atoms with van der Waals surface area (Å²) in [6, 6.07) is 12.7. The Hall–Kier alpha value is -2.26. The maximum atomic E-state index is 4.50. The average Bonchev–Trinajstić information content (AvgIpc) is 2.46. The maximum Gasteiger partial charge on any atom is 0.0733 e. The van der Waals surface area contributed by atoms with E-state index in [2.05, 4.69) is 59.3 Å². The lowest BCUT2D eigenvalue weighted by atomic mass is 10.0. The molecule has 3 nitrogen and oxygen atoms in total. The van der Waals surface area contributed by atoms with E-state index in [1.807, 2.05) is 18.5 Å². The van der Waals surface area contributed by atoms with Gasteiger partial charge in [0.2, 0.25) is 0 Å². The summed E-state index contributed by atoms with van der Waals surface area (Å²) in [5.74, 6) is 0. The van der Waals surface area contributed by atoms with Crippen LogP contribution in [0.25, 0.3) is 22.0 Å². The molecule has 2 aromatic heterocycles. The van der Waals surface area contributed by atoms with Gasteiger partial charge in [-0.25, -0.2) is 0 Å². The fraction of sp³-hybridized carbons (Fsp3) is 0.176. The van der Waals surface area contributed by atoms with Crippen molar-refractivity contribution in [1.29, 1.82) is 0 Å². The van der Waals surface area contributed by atoms with Crippen molar-refractivity contribution in [3.63, 3.8) is 0 Å². The number of aromatic nitrogens is 2. The summed E-state index contributed by atoms with van der Waals surface area (Å²) in [5.41, 5.74) is 4.61. The van der Waals surface area contributed by atoms with Crippen LogP contribution in [0.2, 0.25) is 0 Å². The van der Waals surface area contributed by atoms with Crippen LogP contribution in [0.1, 0.15) is 5.56 Å². The van der Waals surface area contributed by atoms with Crippen LogP contribution in [0.5, 0.6) is 0 Å². The quantitative estimate of drug-likeness (QED) is 0.725. The van der Waals surface area contributed by atoms with Gasteiger partial charge < -0.3 is 4.90 Å². The summed E-state index contributed by atoms with van der Waals surface area (Å²) in [5, 5.41) is 1.07. The van der Waals surface area contributed by atoms with Crippen LogP contribution >= 0.6 is 0 Å². The minimum Gasteiger partial charge on any atom is -0.305 e. The Kier molecular flexibility index (Phi) is 3.44. The van der Waals surface area contributed by atoms with E-state index in [0.717, 1.165) is 23.0 Å². The first-order valence-corrected chi connectivity index (χ1v) is 6.66. The van der Waals surface area contributed by atoms with E-state index in [-0.39, 0.29) is 0 Å². The van der Waals surface area contributed by atoms with Crippen molar-refractivity contribution >= 4 is 10.9 Å². The second-order valence-electron chi connectivity index (χ2n) is 5.23. The highest BCUT2D eigenvalue weighted by Crippen LogP contribution is 2.23. The molecule has 0 saturated heterocycles. The number of hydrogen-bond donors (Lipinski definition) is 0. The molecule has 3 heteroatoms. The maximum absolute atomic E-state index is 4.50. The Balaban J connectivity index is 2.01. The number of fused-ring (bicyclic) bond motifs is 1. The van der Waals surface area contributed by atoms with Gasteiger partial charge in [-0.2, -0.15) is 0 Å². The Labute approximate surface area is 118 Å². The molecule has 3 aromatic rings. The molecule has 0 spiro atoms. The van der Waals surface area contributed by atoms with Crippen molar-refractivity contribution in [2.75, 3.05) is 14.1 Å². The second kappa shape index (κ2) is 5.39. The van der Waals surface area contributed by atoms with Crippen LogP contribution in [0.15, 0.2) is 55.0 Å². The average molecular weight is 263 g/mol. The molecule has 100 valence electrons. The molecule has 1 aromatic carbocycles. The topological polar surface area (TPSA) is 29.0 Å². The molecule has 0 bridgehead atoms. The lowest BCUT2D eigenvalue weighted by molar-refractivity contribution is 0.402. The molecule has 0 aliphatic rings. The van der Waals surface area contributed by atoms with Crippen LogP contribution in [0, 0.1) is 0 Å². The number of rotatable bonds is 3. The van der Waals surface area contributed by atoms with Gasteiger partial charge >= 0.3 is 0 Å². The standard InChI is InChI=1S/C17H17N3/c1-20(2)12-13-4-3-5-14(8-13)15-9-16-10-18-7-6-17(16)19-11-15/h3-11H,12H2,1-2H3. The minimum atomic E-state index is 0.941. The van der Waals surface area contributed by atoms with Gasteiger partial charge in [0.15, 0.2) is 0 Å². The second-order valence-corrected chi connectivity index (χ2v) is 5.23. The highest BCUT2D eigenvalue weighted by Gasteiger charge is 2.03. The highest BCUT2D eigenvalue weighted by molar-refractivity contribution is 5.82. The molecular formula is C17H17N3. The van der Waals surface area contributed by atoms with E-state index >= 15 is 0 Å². The van der Waals surface area contributed by atoms with Crippen molar-refractivity contribution in [3.8, 4) is 11.1 Å². The Morgan fingerprint density at radius 2 is 1.90 bits per heavy atom. The number of benzene rings is 1. The molecule has 0 N–H and O–H groups in total. The smallest absolute Gasteiger partial charge is 0.0733 e. The normalized spacial score (nSPS) is 11.2. The molecule has 0 amide bonds. The SMILES string of the molecule is CN(C)Cc1cccc(-c2cnc3ccncc3c2)c1. The van der Waals surface area contributed by atoms with Gasteiger partial charge in [0.1, 0.15) is 0 Å². The zero-order chi connectivity index (χ0) is 13.9. The third-order valence-corrected chi connectivity index (χ3v) is 3.24. The Morgan fingerprint density at radius 3 is 2.75 bits per heavy atom. The largest absolute Gasteiger partial charge is 0.305 e. The van der Waals surface area contributed by atoms with Crippen LogP contribution < -0.4 is 0 Å². The molecular weight excluding hydrogens is 246 g/mol. The molecule has 0 saturated carbocycles. The highest BCUT2D eigenvalue weighted by atomic mass is 15.0. The van der Waals surface area contributed by atoms with Crippen LogP contribution in [-0.2, 0) is 6.54 Å². The van der Waals surface area contributed by atoms with E-state index < -0.39 is 0 Å². The fourth-order valence-corrected chi connectivity index (χ4v) is 2.34. The van der Waals surface area contributed by atoms with Crippen molar-refractivity contribution < 1.29 is 0 Å². The van der Waals surface area contributed by atoms with E-state index in [1.165, 1.54) is 11.1 Å². The summed E-state index contributed by atoms with van der Waals surface area (Å²) in [6.07, 6.45) is 5.55. The summed E-state index contributed by atoms with van der Waals surface area (Å²) in [7, 11) is 4.16. The van der Waals surface area contributed by atoms with Crippen LogP contribution in [0.4, 0.5) is 0 Å². The molecule has 0 fully saturated rings. The summed E-state index contributed by atoms with van der Waals surface area (Å²) >= 11 is 0. The van der Waals surface area contributed by atoms with E-state index in [1.54, 1.807) is 6.20 Å². The van der Waals surface area contributed by atoms with Crippen molar-refractivity contribution in [1.82, 2.24) is 14.9 Å². The van der Waals surface area contributed by atoms with Gasteiger partial charge in [-0.3, -0.25) is 9.97 Å². The monoisotopic (exact) mass is 263 g/mol. The first kappa shape index (κ1) is 12.8. The summed E-state index contributed by atoms with van der Waals surface area (Å²) < 4.78 is 0. The summed E-state index contributed by atoms with van der Waals surface area (Å²) in [6.45, 7) is 0.941. The number of hydrogen-bond acceptors (Lipinski definition) is 3. The predicted molar refractivity (Wildman–Crippen MR) is 82.4 cm³/mol. The van der Waals surface area contributed by atoms with Crippen molar-refractivity contribution in [2.24, 2.45) is 0 Å². The molecule has 0 radical (unpaired) electrons. The molecule has 0 unspecified atom stereocenters. The van der Waals surface area contributed by atoms with Gasteiger partial charge in [-0.15, -0.1) is 0 Å². The van der Waals surface area contributed by atoms with Gasteiger partial charge in [0.05, 0.1) is 5.52 Å². The Morgan fingerprint density at radius 1 is 1.00 bits per heavy atom. The Bertz CT molecular complexity index is 735. The molecule has 0 atom stereocenters. The lowest BCUT2D eigenvalue weighted by Gasteiger charge is -2.11. The van der Waals surface area contributed by atoms with Crippen molar-refractivity contribution in [2.45, 2.75) is 6.54 Å². The van der Waals surface area contributed by atoms with E-state index in [4.69, 9.17) is 0 Å². The fourth-order valence-electron chi connectivity index (χ4n) is 2.34. The first-order chi connectivity index (χ1) is 9.72. The zero-order valence-corrected chi connectivity index (χ0v) is 11.7. The van der Waals surface area contributed by atoms with E-state index in [0.29, 0.717) is 0 Å². The zero-order valence-electron chi connectivity index (χ0n) is 11.7. The minimum absolute atomic E-state index is 0.941. The van der Waals surface area contributed by atoms with Crippen molar-refractivity contribution in [3.05, 3.63) is 60.6 Å². The molecule has 2 heterocycles. The molecule has 3 rings (SSSR count). The molecule has 0 aliphatic carbocycles. The van der Waals surface area contributed by atoms with Gasteiger partial charge in [-0.05, 0) is 43.4 Å². The molecule has 20 heavy (non-hydrogen) atoms. The number of pyridine rings is 2. The number of nitrogens with zero attached hydrogens (tertiary/aromatic N) is 3. The van der Waals surface area contributed by atoms with Gasteiger partial charge in [0, 0.05) is 36.1 Å². The predicted octanol–water partition coefficient (Wildman–Crippen LogP) is 3.36. The lowest BCUT2D eigenvalue weighted by Crippen LogP contribution is -2.10. The third-order valence-electron chi connectivity index (χ3n) is 3.24. The van der Waals surface area contributed by atoms with Crippen LogP contribution in [-0.4, -0.2) is 29.0 Å². The van der Waals surface area contributed by atoms with Gasteiger partial charge in [-0.1, -0.05) is 18.2 Å². The van der Waals surface area contributed by atoms with E-state index in [9.17, 15) is 0 Å². The first-order valence-electron chi connectivity index (χ1n) is 6.66. The van der Waals surface area contributed by atoms with Crippen LogP contribution in [0.3, 0.4) is 0 Å².